The number of benzene rings is 1. The van der Waals surface area contributed by atoms with Gasteiger partial charge in [-0.3, -0.25) is 4.79 Å². The molecule has 1 aliphatic heterocycles. The standard InChI is InChI=1S/C12H15BrN2O/c1-9-8-14-5-6-15(9)12(16)10-3-2-4-11(13)7-10/h2-4,7,9,14H,5-6,8H2,1H3/t9-/m1/s1. The largest absolute Gasteiger partial charge is 0.333 e. The third-order valence-electron chi connectivity index (χ3n) is 2.83. The van der Waals surface area contributed by atoms with E-state index in [1.165, 1.54) is 0 Å². The number of halogens is 1. The monoisotopic (exact) mass is 282 g/mol. The summed E-state index contributed by atoms with van der Waals surface area (Å²) in [6, 6.07) is 7.82. The molecule has 1 saturated heterocycles. The average Bonchev–Trinajstić information content (AvgIpc) is 2.29. The Balaban J connectivity index is 2.17. The molecule has 0 aromatic heterocycles. The first-order valence-electron chi connectivity index (χ1n) is 5.46. The van der Waals surface area contributed by atoms with Crippen LogP contribution < -0.4 is 5.32 Å². The van der Waals surface area contributed by atoms with E-state index < -0.39 is 0 Å². The normalized spacial score (nSPS) is 20.9. The number of hydrogen-bond acceptors (Lipinski definition) is 2. The van der Waals surface area contributed by atoms with Crippen LogP contribution in [0.1, 0.15) is 17.3 Å². The highest BCUT2D eigenvalue weighted by Crippen LogP contribution is 2.15. The predicted molar refractivity (Wildman–Crippen MR) is 67.5 cm³/mol. The van der Waals surface area contributed by atoms with Crippen LogP contribution in [0, 0.1) is 0 Å². The first kappa shape index (κ1) is 11.6. The van der Waals surface area contributed by atoms with Gasteiger partial charge in [-0.05, 0) is 25.1 Å². The SMILES string of the molecule is C[C@@H]1CNCCN1C(=O)c1cccc(Br)c1. The molecule has 0 radical (unpaired) electrons. The zero-order chi connectivity index (χ0) is 11.5. The van der Waals surface area contributed by atoms with E-state index in [-0.39, 0.29) is 11.9 Å². The third kappa shape index (κ3) is 2.44. The predicted octanol–water partition coefficient (Wildman–Crippen LogP) is 1.88. The zero-order valence-electron chi connectivity index (χ0n) is 9.24. The maximum absolute atomic E-state index is 12.2. The molecule has 0 spiro atoms. The minimum absolute atomic E-state index is 0.121. The second-order valence-corrected chi connectivity index (χ2v) is 4.98. The summed E-state index contributed by atoms with van der Waals surface area (Å²) in [5, 5.41) is 3.28. The van der Waals surface area contributed by atoms with Crippen molar-refractivity contribution in [2.75, 3.05) is 19.6 Å². The zero-order valence-corrected chi connectivity index (χ0v) is 10.8. The van der Waals surface area contributed by atoms with Crippen LogP contribution in [0.2, 0.25) is 0 Å². The quantitative estimate of drug-likeness (QED) is 0.853. The minimum atomic E-state index is 0.121. The molecule has 0 aliphatic carbocycles. The van der Waals surface area contributed by atoms with Crippen molar-refractivity contribution in [1.29, 1.82) is 0 Å². The van der Waals surface area contributed by atoms with Gasteiger partial charge >= 0.3 is 0 Å². The number of amides is 1. The van der Waals surface area contributed by atoms with Crippen LogP contribution in [0.5, 0.6) is 0 Å². The van der Waals surface area contributed by atoms with Crippen molar-refractivity contribution in [2.24, 2.45) is 0 Å². The van der Waals surface area contributed by atoms with Gasteiger partial charge in [0.15, 0.2) is 0 Å². The molecule has 2 rings (SSSR count). The van der Waals surface area contributed by atoms with E-state index in [1.807, 2.05) is 29.2 Å². The van der Waals surface area contributed by atoms with E-state index in [1.54, 1.807) is 0 Å². The molecule has 16 heavy (non-hydrogen) atoms. The summed E-state index contributed by atoms with van der Waals surface area (Å²) in [4.78, 5) is 14.2. The van der Waals surface area contributed by atoms with Gasteiger partial charge in [-0.15, -0.1) is 0 Å². The molecule has 3 nitrogen and oxygen atoms in total. The first-order chi connectivity index (χ1) is 7.68. The van der Waals surface area contributed by atoms with Crippen molar-refractivity contribution in [3.8, 4) is 0 Å². The molecule has 1 amide bonds. The molecule has 0 saturated carbocycles. The summed E-state index contributed by atoms with van der Waals surface area (Å²) in [5.74, 6) is 0.121. The highest BCUT2D eigenvalue weighted by molar-refractivity contribution is 9.10. The van der Waals surface area contributed by atoms with E-state index in [4.69, 9.17) is 0 Å². The second kappa shape index (κ2) is 4.97. The Hall–Kier alpha value is -0.870. The Morgan fingerprint density at radius 2 is 2.38 bits per heavy atom. The van der Waals surface area contributed by atoms with Gasteiger partial charge in [-0.1, -0.05) is 22.0 Å². The van der Waals surface area contributed by atoms with Gasteiger partial charge in [0.05, 0.1) is 0 Å². The highest BCUT2D eigenvalue weighted by Gasteiger charge is 2.23. The molecule has 1 N–H and O–H groups in total. The van der Waals surface area contributed by atoms with Gasteiger partial charge in [0.2, 0.25) is 0 Å². The maximum Gasteiger partial charge on any atom is 0.254 e. The molecule has 0 bridgehead atoms. The van der Waals surface area contributed by atoms with Crippen molar-refractivity contribution in [3.63, 3.8) is 0 Å². The first-order valence-corrected chi connectivity index (χ1v) is 6.25. The average molecular weight is 283 g/mol. The fraction of sp³-hybridized carbons (Fsp3) is 0.417. The van der Waals surface area contributed by atoms with Crippen molar-refractivity contribution >= 4 is 21.8 Å². The third-order valence-corrected chi connectivity index (χ3v) is 3.33. The molecular weight excluding hydrogens is 268 g/mol. The fourth-order valence-corrected chi connectivity index (χ4v) is 2.33. The van der Waals surface area contributed by atoms with Crippen LogP contribution in [-0.4, -0.2) is 36.5 Å². The summed E-state index contributed by atoms with van der Waals surface area (Å²) in [6.07, 6.45) is 0. The van der Waals surface area contributed by atoms with Crippen LogP contribution in [0.4, 0.5) is 0 Å². The van der Waals surface area contributed by atoms with Gasteiger partial charge < -0.3 is 10.2 Å². The Kier molecular flexibility index (Phi) is 3.61. The van der Waals surface area contributed by atoms with Gasteiger partial charge in [0.25, 0.3) is 5.91 Å². The van der Waals surface area contributed by atoms with Gasteiger partial charge in [-0.2, -0.15) is 0 Å². The number of piperazine rings is 1. The van der Waals surface area contributed by atoms with Gasteiger partial charge in [-0.25, -0.2) is 0 Å². The lowest BCUT2D eigenvalue weighted by Gasteiger charge is -2.34. The number of hydrogen-bond donors (Lipinski definition) is 1. The number of nitrogens with zero attached hydrogens (tertiary/aromatic N) is 1. The molecule has 1 aromatic rings. The summed E-state index contributed by atoms with van der Waals surface area (Å²) in [5.41, 5.74) is 0.753. The Labute approximate surface area is 104 Å². The molecule has 86 valence electrons. The lowest BCUT2D eigenvalue weighted by molar-refractivity contribution is 0.0655. The van der Waals surface area contributed by atoms with Crippen molar-refractivity contribution in [2.45, 2.75) is 13.0 Å². The molecule has 1 atom stereocenters. The number of rotatable bonds is 1. The van der Waals surface area contributed by atoms with Crippen LogP contribution in [-0.2, 0) is 0 Å². The van der Waals surface area contributed by atoms with E-state index in [0.29, 0.717) is 0 Å². The van der Waals surface area contributed by atoms with E-state index >= 15 is 0 Å². The smallest absolute Gasteiger partial charge is 0.254 e. The molecule has 1 fully saturated rings. The van der Waals surface area contributed by atoms with Crippen LogP contribution in [0.15, 0.2) is 28.7 Å². The van der Waals surface area contributed by atoms with Crippen LogP contribution in [0.3, 0.4) is 0 Å². The molecule has 1 aliphatic rings. The van der Waals surface area contributed by atoms with Crippen molar-refractivity contribution in [1.82, 2.24) is 10.2 Å². The summed E-state index contributed by atoms with van der Waals surface area (Å²) in [7, 11) is 0. The summed E-state index contributed by atoms with van der Waals surface area (Å²) >= 11 is 3.39. The Morgan fingerprint density at radius 1 is 1.56 bits per heavy atom. The van der Waals surface area contributed by atoms with E-state index in [0.717, 1.165) is 29.7 Å². The molecule has 4 heteroatoms. The van der Waals surface area contributed by atoms with Crippen LogP contribution in [0.25, 0.3) is 0 Å². The Bertz CT molecular complexity index is 394. The minimum Gasteiger partial charge on any atom is -0.333 e. The van der Waals surface area contributed by atoms with Crippen molar-refractivity contribution in [3.05, 3.63) is 34.3 Å². The maximum atomic E-state index is 12.2. The number of nitrogens with one attached hydrogen (secondary N) is 1. The molecule has 1 aromatic carbocycles. The molecule has 1 heterocycles. The van der Waals surface area contributed by atoms with Crippen LogP contribution >= 0.6 is 15.9 Å². The highest BCUT2D eigenvalue weighted by atomic mass is 79.9. The summed E-state index contributed by atoms with van der Waals surface area (Å²) in [6.45, 7) is 4.61. The van der Waals surface area contributed by atoms with Crippen molar-refractivity contribution < 1.29 is 4.79 Å². The topological polar surface area (TPSA) is 32.3 Å². The number of carbonyl (C=O) groups is 1. The Morgan fingerprint density at radius 3 is 3.06 bits per heavy atom. The second-order valence-electron chi connectivity index (χ2n) is 4.06. The van der Waals surface area contributed by atoms with Gasteiger partial charge in [0, 0.05) is 35.7 Å². The lowest BCUT2D eigenvalue weighted by atomic mass is 10.1. The van der Waals surface area contributed by atoms with Gasteiger partial charge in [0.1, 0.15) is 0 Å². The molecular formula is C12H15BrN2O. The summed E-state index contributed by atoms with van der Waals surface area (Å²) < 4.78 is 0.945. The van der Waals surface area contributed by atoms with E-state index in [2.05, 4.69) is 28.2 Å². The van der Waals surface area contributed by atoms with E-state index in [9.17, 15) is 4.79 Å². The lowest BCUT2D eigenvalue weighted by Crippen LogP contribution is -2.52. The fourth-order valence-electron chi connectivity index (χ4n) is 1.93. The number of carbonyl (C=O) groups excluding carboxylic acids is 1. The molecule has 0 unspecified atom stereocenters.